The van der Waals surface area contributed by atoms with Crippen molar-refractivity contribution in [2.24, 2.45) is 0 Å². The quantitative estimate of drug-likeness (QED) is 0.660. The van der Waals surface area contributed by atoms with Crippen LogP contribution in [0.5, 0.6) is 0 Å². The van der Waals surface area contributed by atoms with Crippen molar-refractivity contribution >= 4 is 15.8 Å². The van der Waals surface area contributed by atoms with Gasteiger partial charge in [-0.3, -0.25) is 0 Å². The zero-order valence-corrected chi connectivity index (χ0v) is 8.75. The molecule has 1 heterocycles. The summed E-state index contributed by atoms with van der Waals surface area (Å²) in [5.74, 6) is 0.173. The average molecular weight is 216 g/mol. The molecule has 14 heavy (non-hydrogen) atoms. The minimum Gasteiger partial charge on any atom is -0.384 e. The van der Waals surface area contributed by atoms with Crippen molar-refractivity contribution in [3.8, 4) is 0 Å². The molecule has 0 aliphatic carbocycles. The normalized spacial score (nSPS) is 11.9. The summed E-state index contributed by atoms with van der Waals surface area (Å²) < 4.78 is 23.1. The fourth-order valence-electron chi connectivity index (χ4n) is 0.888. The van der Waals surface area contributed by atoms with Crippen LogP contribution in [-0.2, 0) is 10.0 Å². The van der Waals surface area contributed by atoms with Crippen molar-refractivity contribution in [3.63, 3.8) is 0 Å². The van der Waals surface area contributed by atoms with Gasteiger partial charge in [0.2, 0.25) is 0 Å². The minimum absolute atomic E-state index is 0.0960. The second-order valence-electron chi connectivity index (χ2n) is 2.91. The topological polar surface area (TPSA) is 88.3 Å². The van der Waals surface area contributed by atoms with Gasteiger partial charge in [0.25, 0.3) is 10.0 Å². The van der Waals surface area contributed by atoms with Gasteiger partial charge in [0, 0.05) is 26.4 Å². The lowest BCUT2D eigenvalue weighted by Gasteiger charge is -2.12. The predicted octanol–water partition coefficient (Wildman–Crippen LogP) is -0.581. The fourth-order valence-corrected chi connectivity index (χ4v) is 1.99. The summed E-state index contributed by atoms with van der Waals surface area (Å²) in [5.41, 5.74) is 5.37. The standard InChI is InChI=1S/C7H12N4O2S/c1-11(2)10-14(12,13)6-3-4-9-7(8)5-6/h3-5,10H,1-2H3,(H2,8,9). The molecule has 0 radical (unpaired) electrons. The molecule has 0 aliphatic rings. The molecule has 78 valence electrons. The van der Waals surface area contributed by atoms with E-state index in [9.17, 15) is 8.42 Å². The molecule has 6 nitrogen and oxygen atoms in total. The number of nitrogens with two attached hydrogens (primary N) is 1. The lowest BCUT2D eigenvalue weighted by Crippen LogP contribution is -2.36. The molecule has 7 heteroatoms. The Morgan fingerprint density at radius 2 is 2.14 bits per heavy atom. The van der Waals surface area contributed by atoms with Gasteiger partial charge in [-0.15, -0.1) is 4.83 Å². The molecule has 0 saturated carbocycles. The summed E-state index contributed by atoms with van der Waals surface area (Å²) >= 11 is 0. The van der Waals surface area contributed by atoms with Crippen LogP contribution in [0.3, 0.4) is 0 Å². The molecular formula is C7H12N4O2S. The van der Waals surface area contributed by atoms with Crippen molar-refractivity contribution in [2.75, 3.05) is 19.8 Å². The largest absolute Gasteiger partial charge is 0.384 e. The Bertz CT molecular complexity index is 415. The van der Waals surface area contributed by atoms with E-state index < -0.39 is 10.0 Å². The second-order valence-corrected chi connectivity index (χ2v) is 4.57. The fraction of sp³-hybridized carbons (Fsp3) is 0.286. The van der Waals surface area contributed by atoms with E-state index in [1.807, 2.05) is 0 Å². The third-order valence-corrected chi connectivity index (χ3v) is 2.85. The summed E-state index contributed by atoms with van der Waals surface area (Å²) in [5, 5.41) is 1.34. The smallest absolute Gasteiger partial charge is 0.253 e. The van der Waals surface area contributed by atoms with E-state index in [1.165, 1.54) is 23.3 Å². The molecule has 0 spiro atoms. The predicted molar refractivity (Wildman–Crippen MR) is 52.7 cm³/mol. The van der Waals surface area contributed by atoms with Crippen LogP contribution in [0.15, 0.2) is 23.2 Å². The zero-order chi connectivity index (χ0) is 10.8. The summed E-state index contributed by atoms with van der Waals surface area (Å²) in [7, 11) is -0.355. The van der Waals surface area contributed by atoms with E-state index in [-0.39, 0.29) is 10.7 Å². The Balaban J connectivity index is 3.05. The number of rotatable bonds is 3. The minimum atomic E-state index is -3.53. The van der Waals surface area contributed by atoms with Crippen LogP contribution in [0.4, 0.5) is 5.82 Å². The van der Waals surface area contributed by atoms with E-state index in [4.69, 9.17) is 5.73 Å². The molecule has 1 aromatic rings. The first-order chi connectivity index (χ1) is 6.42. The Hall–Kier alpha value is -1.18. The van der Waals surface area contributed by atoms with Crippen LogP contribution in [0.1, 0.15) is 0 Å². The Labute approximate surface area is 82.8 Å². The van der Waals surface area contributed by atoms with E-state index in [1.54, 1.807) is 14.1 Å². The van der Waals surface area contributed by atoms with E-state index in [0.717, 1.165) is 0 Å². The molecule has 0 fully saturated rings. The summed E-state index contributed by atoms with van der Waals surface area (Å²) in [6.07, 6.45) is 1.35. The van der Waals surface area contributed by atoms with Crippen molar-refractivity contribution in [2.45, 2.75) is 4.90 Å². The molecule has 3 N–H and O–H groups in total. The maximum Gasteiger partial charge on any atom is 0.253 e. The zero-order valence-electron chi connectivity index (χ0n) is 7.93. The second kappa shape index (κ2) is 3.91. The first-order valence-corrected chi connectivity index (χ1v) is 5.31. The van der Waals surface area contributed by atoms with Gasteiger partial charge >= 0.3 is 0 Å². The molecule has 0 aromatic carbocycles. The molecule has 0 bridgehead atoms. The molecule has 0 aliphatic heterocycles. The molecule has 1 rings (SSSR count). The highest BCUT2D eigenvalue weighted by atomic mass is 32.2. The number of hydrogen-bond donors (Lipinski definition) is 2. The van der Waals surface area contributed by atoms with Gasteiger partial charge in [-0.1, -0.05) is 0 Å². The number of anilines is 1. The number of sulfonamides is 1. The van der Waals surface area contributed by atoms with Crippen molar-refractivity contribution < 1.29 is 8.42 Å². The lowest BCUT2D eigenvalue weighted by atomic mass is 10.5. The number of nitrogen functional groups attached to an aromatic ring is 1. The number of nitrogens with zero attached hydrogens (tertiary/aromatic N) is 2. The monoisotopic (exact) mass is 216 g/mol. The first kappa shape index (κ1) is 10.9. The van der Waals surface area contributed by atoms with Gasteiger partial charge in [0.1, 0.15) is 5.82 Å². The SMILES string of the molecule is CN(C)NS(=O)(=O)c1ccnc(N)c1. The summed E-state index contributed by atoms with van der Waals surface area (Å²) in [6, 6.07) is 2.67. The van der Waals surface area contributed by atoms with Crippen LogP contribution in [0, 0.1) is 0 Å². The molecular weight excluding hydrogens is 204 g/mol. The van der Waals surface area contributed by atoms with Crippen LogP contribution < -0.4 is 10.6 Å². The Morgan fingerprint density at radius 3 is 2.64 bits per heavy atom. The van der Waals surface area contributed by atoms with Crippen molar-refractivity contribution in [3.05, 3.63) is 18.3 Å². The highest BCUT2D eigenvalue weighted by molar-refractivity contribution is 7.89. The van der Waals surface area contributed by atoms with E-state index in [2.05, 4.69) is 9.82 Å². The van der Waals surface area contributed by atoms with Gasteiger partial charge in [-0.25, -0.2) is 18.4 Å². The van der Waals surface area contributed by atoms with Crippen molar-refractivity contribution in [1.82, 2.24) is 14.8 Å². The molecule has 0 atom stereocenters. The third kappa shape index (κ3) is 2.66. The maximum absolute atomic E-state index is 11.6. The van der Waals surface area contributed by atoms with Gasteiger partial charge < -0.3 is 5.73 Å². The van der Waals surface area contributed by atoms with Crippen LogP contribution in [0.25, 0.3) is 0 Å². The number of hydrazine groups is 1. The van der Waals surface area contributed by atoms with Gasteiger partial charge in [-0.05, 0) is 6.07 Å². The highest BCUT2D eigenvalue weighted by Crippen LogP contribution is 2.09. The molecule has 0 unspecified atom stereocenters. The highest BCUT2D eigenvalue weighted by Gasteiger charge is 2.14. The van der Waals surface area contributed by atoms with Crippen LogP contribution in [0.2, 0.25) is 0 Å². The molecule has 1 aromatic heterocycles. The lowest BCUT2D eigenvalue weighted by molar-refractivity contribution is 0.364. The molecule has 0 saturated heterocycles. The first-order valence-electron chi connectivity index (χ1n) is 3.83. The number of aromatic nitrogens is 1. The van der Waals surface area contributed by atoms with Crippen LogP contribution >= 0.6 is 0 Å². The van der Waals surface area contributed by atoms with Gasteiger partial charge in [0.15, 0.2) is 0 Å². The van der Waals surface area contributed by atoms with Crippen molar-refractivity contribution in [1.29, 1.82) is 0 Å². The van der Waals surface area contributed by atoms with Gasteiger partial charge in [0.05, 0.1) is 4.90 Å². The summed E-state index contributed by atoms with van der Waals surface area (Å²) in [4.78, 5) is 6.09. The number of hydrogen-bond acceptors (Lipinski definition) is 5. The number of pyridine rings is 1. The number of nitrogens with one attached hydrogen (secondary N) is 1. The third-order valence-electron chi connectivity index (χ3n) is 1.37. The maximum atomic E-state index is 11.6. The van der Waals surface area contributed by atoms with Gasteiger partial charge in [-0.2, -0.15) is 0 Å². The van der Waals surface area contributed by atoms with E-state index >= 15 is 0 Å². The van der Waals surface area contributed by atoms with Crippen LogP contribution in [-0.4, -0.2) is 32.5 Å². The molecule has 0 amide bonds. The summed E-state index contributed by atoms with van der Waals surface area (Å²) in [6.45, 7) is 0. The Kier molecular flexibility index (Phi) is 3.04. The Morgan fingerprint density at radius 1 is 1.50 bits per heavy atom. The average Bonchev–Trinajstić information content (AvgIpc) is 2.01. The van der Waals surface area contributed by atoms with E-state index in [0.29, 0.717) is 0 Å².